The van der Waals surface area contributed by atoms with Crippen molar-refractivity contribution in [3.63, 3.8) is 0 Å². The lowest BCUT2D eigenvalue weighted by atomic mass is 9.90. The van der Waals surface area contributed by atoms with E-state index in [4.69, 9.17) is 5.73 Å². The van der Waals surface area contributed by atoms with Gasteiger partial charge >= 0.3 is 0 Å². The summed E-state index contributed by atoms with van der Waals surface area (Å²) < 4.78 is 0. The maximum atomic E-state index is 11.3. The van der Waals surface area contributed by atoms with Gasteiger partial charge in [-0.05, 0) is 18.9 Å². The van der Waals surface area contributed by atoms with Gasteiger partial charge in [0.05, 0.1) is 6.42 Å². The smallest absolute Gasteiger partial charge is 0.170 e. The molecular formula is C15H21NO2. The van der Waals surface area contributed by atoms with Crippen LogP contribution in [0.3, 0.4) is 0 Å². The lowest BCUT2D eigenvalue weighted by Crippen LogP contribution is -2.19. The molecule has 0 bridgehead atoms. The maximum Gasteiger partial charge on any atom is 0.170 e. The Hall–Kier alpha value is -1.48. The highest BCUT2D eigenvalue weighted by molar-refractivity contribution is 6.12. The van der Waals surface area contributed by atoms with Crippen LogP contribution in [0.2, 0.25) is 0 Å². The summed E-state index contributed by atoms with van der Waals surface area (Å²) in [6.45, 7) is 4.17. The first-order chi connectivity index (χ1) is 8.54. The second-order valence-electron chi connectivity index (χ2n) is 4.74. The van der Waals surface area contributed by atoms with E-state index in [2.05, 4.69) is 6.92 Å². The van der Waals surface area contributed by atoms with Gasteiger partial charge in [0.15, 0.2) is 5.78 Å². The first kappa shape index (κ1) is 14.6. The third-order valence-corrected chi connectivity index (χ3v) is 2.81. The number of rotatable bonds is 2. The summed E-state index contributed by atoms with van der Waals surface area (Å²) in [6, 6.07) is 7.70. The highest BCUT2D eigenvalue weighted by atomic mass is 16.1. The van der Waals surface area contributed by atoms with Crippen molar-refractivity contribution < 1.29 is 9.59 Å². The largest absolute Gasteiger partial charge is 0.328 e. The van der Waals surface area contributed by atoms with Crippen molar-refractivity contribution >= 4 is 11.6 Å². The molecule has 98 valence electrons. The minimum atomic E-state index is -0.0400. The fourth-order valence-electron chi connectivity index (χ4n) is 1.95. The molecule has 0 spiro atoms. The van der Waals surface area contributed by atoms with Crippen LogP contribution < -0.4 is 5.73 Å². The van der Waals surface area contributed by atoms with Gasteiger partial charge in [0.1, 0.15) is 5.78 Å². The Morgan fingerprint density at radius 1 is 1.22 bits per heavy atom. The molecule has 0 saturated heterocycles. The molecule has 1 aliphatic carbocycles. The molecule has 1 aromatic carbocycles. The minimum Gasteiger partial charge on any atom is -0.328 e. The van der Waals surface area contributed by atoms with E-state index in [9.17, 15) is 9.59 Å². The number of Topliss-reactive ketones (excluding diaryl/α,β-unsaturated/α-hetero) is 2. The summed E-state index contributed by atoms with van der Waals surface area (Å²) in [5.74, 6) is -0.0134. The standard InChI is InChI=1S/C10H8O2.C5H13N/c11-8-5-7-3-1-2-4-9(7)10(12)6-8;1-3-4-5(2)6/h1-4H,5-6H2;5H,3-4,6H2,1-2H3. The van der Waals surface area contributed by atoms with Crippen molar-refractivity contribution in [1.29, 1.82) is 0 Å². The Kier molecular flexibility index (Phi) is 5.72. The molecule has 1 atom stereocenters. The summed E-state index contributed by atoms with van der Waals surface area (Å²) in [5, 5.41) is 0. The number of nitrogens with two attached hydrogens (primary N) is 1. The average molecular weight is 247 g/mol. The Labute approximate surface area is 108 Å². The van der Waals surface area contributed by atoms with Gasteiger partial charge in [0, 0.05) is 18.0 Å². The van der Waals surface area contributed by atoms with E-state index in [1.54, 1.807) is 6.07 Å². The van der Waals surface area contributed by atoms with Crippen LogP contribution in [0.15, 0.2) is 24.3 Å². The molecule has 0 heterocycles. The molecule has 0 radical (unpaired) electrons. The molecule has 3 heteroatoms. The average Bonchev–Trinajstić information content (AvgIpc) is 2.29. The summed E-state index contributed by atoms with van der Waals surface area (Å²) in [5.41, 5.74) is 7.00. The lowest BCUT2D eigenvalue weighted by molar-refractivity contribution is -0.117. The number of ketones is 2. The number of hydrogen-bond acceptors (Lipinski definition) is 3. The van der Waals surface area contributed by atoms with Crippen molar-refractivity contribution in [1.82, 2.24) is 0 Å². The number of carbonyl (C=O) groups excluding carboxylic acids is 2. The molecule has 0 aromatic heterocycles. The molecule has 3 nitrogen and oxygen atoms in total. The Bertz CT molecular complexity index is 424. The van der Waals surface area contributed by atoms with Gasteiger partial charge in [0.25, 0.3) is 0 Å². The van der Waals surface area contributed by atoms with Crippen molar-refractivity contribution in [2.75, 3.05) is 0 Å². The van der Waals surface area contributed by atoms with E-state index in [0.717, 1.165) is 17.5 Å². The Morgan fingerprint density at radius 2 is 1.89 bits per heavy atom. The summed E-state index contributed by atoms with van der Waals surface area (Å²) in [7, 11) is 0. The second-order valence-corrected chi connectivity index (χ2v) is 4.74. The zero-order chi connectivity index (χ0) is 13.5. The zero-order valence-corrected chi connectivity index (χ0v) is 11.1. The minimum absolute atomic E-state index is 0.0266. The van der Waals surface area contributed by atoms with E-state index in [1.807, 2.05) is 25.1 Å². The molecule has 18 heavy (non-hydrogen) atoms. The highest BCUT2D eigenvalue weighted by Gasteiger charge is 2.21. The van der Waals surface area contributed by atoms with E-state index < -0.39 is 0 Å². The van der Waals surface area contributed by atoms with E-state index in [0.29, 0.717) is 12.5 Å². The molecule has 1 aromatic rings. The maximum absolute atomic E-state index is 11.3. The Balaban J connectivity index is 0.000000232. The van der Waals surface area contributed by atoms with Gasteiger partial charge in [-0.2, -0.15) is 0 Å². The van der Waals surface area contributed by atoms with Crippen LogP contribution in [0.1, 0.15) is 49.0 Å². The summed E-state index contributed by atoms with van der Waals surface area (Å²) in [4.78, 5) is 22.3. The predicted molar refractivity (Wildman–Crippen MR) is 72.7 cm³/mol. The van der Waals surface area contributed by atoms with Gasteiger partial charge in [0.2, 0.25) is 0 Å². The number of fused-ring (bicyclic) bond motifs is 1. The first-order valence-electron chi connectivity index (χ1n) is 6.43. The molecular weight excluding hydrogens is 226 g/mol. The van der Waals surface area contributed by atoms with Crippen LogP contribution >= 0.6 is 0 Å². The van der Waals surface area contributed by atoms with Crippen molar-refractivity contribution in [3.8, 4) is 0 Å². The topological polar surface area (TPSA) is 60.2 Å². The fourth-order valence-corrected chi connectivity index (χ4v) is 1.95. The van der Waals surface area contributed by atoms with Crippen molar-refractivity contribution in [2.24, 2.45) is 5.73 Å². The molecule has 1 aliphatic rings. The molecule has 0 aliphatic heterocycles. The van der Waals surface area contributed by atoms with Crippen LogP contribution in [-0.4, -0.2) is 17.6 Å². The molecule has 0 amide bonds. The summed E-state index contributed by atoms with van der Waals surface area (Å²) >= 11 is 0. The van der Waals surface area contributed by atoms with E-state index in [1.165, 1.54) is 6.42 Å². The van der Waals surface area contributed by atoms with Gasteiger partial charge < -0.3 is 5.73 Å². The lowest BCUT2D eigenvalue weighted by Gasteiger charge is -2.12. The molecule has 0 saturated carbocycles. The fraction of sp³-hybridized carbons (Fsp3) is 0.467. The van der Waals surface area contributed by atoms with Gasteiger partial charge in [-0.1, -0.05) is 37.6 Å². The summed E-state index contributed by atoms with van der Waals surface area (Å²) in [6.07, 6.45) is 2.86. The molecule has 1 unspecified atom stereocenters. The van der Waals surface area contributed by atoms with Crippen LogP contribution in [0, 0.1) is 0 Å². The van der Waals surface area contributed by atoms with Crippen LogP contribution in [0.4, 0.5) is 0 Å². The second kappa shape index (κ2) is 7.07. The zero-order valence-electron chi connectivity index (χ0n) is 11.1. The monoisotopic (exact) mass is 247 g/mol. The SMILES string of the molecule is CCCC(C)N.O=C1CC(=O)c2ccccc2C1. The van der Waals surface area contributed by atoms with E-state index in [-0.39, 0.29) is 18.0 Å². The number of hydrogen-bond donors (Lipinski definition) is 1. The van der Waals surface area contributed by atoms with E-state index >= 15 is 0 Å². The number of benzene rings is 1. The quantitative estimate of drug-likeness (QED) is 0.817. The van der Waals surface area contributed by atoms with Crippen molar-refractivity contribution in [2.45, 2.75) is 45.6 Å². The first-order valence-corrected chi connectivity index (χ1v) is 6.43. The molecule has 2 N–H and O–H groups in total. The number of carbonyl (C=O) groups is 2. The molecule has 0 fully saturated rings. The van der Waals surface area contributed by atoms with Gasteiger partial charge in [-0.3, -0.25) is 9.59 Å². The third-order valence-electron chi connectivity index (χ3n) is 2.81. The highest BCUT2D eigenvalue weighted by Crippen LogP contribution is 2.18. The van der Waals surface area contributed by atoms with Gasteiger partial charge in [-0.25, -0.2) is 0 Å². The van der Waals surface area contributed by atoms with Crippen LogP contribution in [0.25, 0.3) is 0 Å². The normalized spacial score (nSPS) is 15.5. The Morgan fingerprint density at radius 3 is 2.44 bits per heavy atom. The van der Waals surface area contributed by atoms with Crippen molar-refractivity contribution in [3.05, 3.63) is 35.4 Å². The van der Waals surface area contributed by atoms with Crippen LogP contribution in [0.5, 0.6) is 0 Å². The molecule has 2 rings (SSSR count). The van der Waals surface area contributed by atoms with Crippen LogP contribution in [-0.2, 0) is 11.2 Å². The predicted octanol–water partition coefficient (Wildman–Crippen LogP) is 2.52. The third kappa shape index (κ3) is 4.41. The van der Waals surface area contributed by atoms with Gasteiger partial charge in [-0.15, -0.1) is 0 Å².